The molecule has 0 amide bonds. The van der Waals surface area contributed by atoms with Crippen molar-refractivity contribution in [2.45, 2.75) is 32.0 Å². The Hall–Kier alpha value is -3.54. The van der Waals surface area contributed by atoms with Crippen molar-refractivity contribution in [1.29, 1.82) is 0 Å². The third-order valence-electron chi connectivity index (χ3n) is 7.40. The molecule has 36 heavy (non-hydrogen) atoms. The van der Waals surface area contributed by atoms with E-state index in [1.54, 1.807) is 24.3 Å². The number of phenolic OH excluding ortho intramolecular Hbond substituents is 2. The lowest BCUT2D eigenvalue weighted by atomic mass is 9.87. The first-order chi connectivity index (χ1) is 17.7. The number of nitrogens with zero attached hydrogens (tertiary/aromatic N) is 1. The number of phenols is 2. The Balaban J connectivity index is 1.32. The van der Waals surface area contributed by atoms with Gasteiger partial charge in [-0.3, -0.25) is 4.90 Å². The lowest BCUT2D eigenvalue weighted by Crippen LogP contribution is -2.33. The van der Waals surface area contributed by atoms with Crippen LogP contribution in [0, 0.1) is 0 Å². The summed E-state index contributed by atoms with van der Waals surface area (Å²) >= 11 is 0. The number of ether oxygens (including phenoxy) is 2. The fourth-order valence-corrected chi connectivity index (χ4v) is 5.55. The van der Waals surface area contributed by atoms with E-state index >= 15 is 0 Å². The second-order valence-corrected chi connectivity index (χ2v) is 9.78. The Morgan fingerprint density at radius 1 is 0.806 bits per heavy atom. The number of hydrogen-bond acceptors (Lipinski definition) is 5. The predicted molar refractivity (Wildman–Crippen MR) is 142 cm³/mol. The van der Waals surface area contributed by atoms with Crippen LogP contribution in [-0.2, 0) is 11.3 Å². The molecular weight excluding hydrogens is 450 g/mol. The van der Waals surface area contributed by atoms with Crippen LogP contribution in [-0.4, -0.2) is 41.4 Å². The molecule has 2 aliphatic rings. The standard InChI is InChI=1S/C31H31NO4/c33-24-8-13-28-22(18-24)6-11-29-27-12-7-25(34)19-23(27)20-36-31(30(28)29)21-4-9-26(10-5-21)35-17-16-32-14-2-1-3-15-32/h4-13,18-19,31,33-34H,1-3,14-17,20H2. The van der Waals surface area contributed by atoms with Crippen molar-refractivity contribution in [2.75, 3.05) is 26.2 Å². The highest BCUT2D eigenvalue weighted by molar-refractivity contribution is 5.94. The highest BCUT2D eigenvalue weighted by atomic mass is 16.5. The van der Waals surface area contributed by atoms with Crippen molar-refractivity contribution in [1.82, 2.24) is 4.90 Å². The van der Waals surface area contributed by atoms with Gasteiger partial charge in [-0.15, -0.1) is 0 Å². The van der Waals surface area contributed by atoms with Crippen molar-refractivity contribution < 1.29 is 19.7 Å². The Kier molecular flexibility index (Phi) is 6.26. The number of piperidine rings is 1. The number of likely N-dealkylation sites (tertiary alicyclic amines) is 1. The molecule has 0 aromatic heterocycles. The molecule has 0 spiro atoms. The predicted octanol–water partition coefficient (Wildman–Crippen LogP) is 6.40. The summed E-state index contributed by atoms with van der Waals surface area (Å²) in [5, 5.41) is 22.2. The first-order valence-electron chi connectivity index (χ1n) is 12.8. The van der Waals surface area contributed by atoms with Gasteiger partial charge in [-0.25, -0.2) is 0 Å². The van der Waals surface area contributed by atoms with E-state index in [2.05, 4.69) is 23.1 Å². The van der Waals surface area contributed by atoms with Gasteiger partial charge >= 0.3 is 0 Å². The minimum atomic E-state index is -0.301. The molecule has 2 N–H and O–H groups in total. The van der Waals surface area contributed by atoms with Crippen LogP contribution in [0.4, 0.5) is 0 Å². The van der Waals surface area contributed by atoms with Gasteiger partial charge < -0.3 is 19.7 Å². The summed E-state index contributed by atoms with van der Waals surface area (Å²) in [4.78, 5) is 2.48. The van der Waals surface area contributed by atoms with Crippen LogP contribution in [0.15, 0.2) is 72.8 Å². The third kappa shape index (κ3) is 4.52. The Bertz CT molecular complexity index is 1380. The molecule has 4 aromatic rings. The zero-order chi connectivity index (χ0) is 24.5. The van der Waals surface area contributed by atoms with Crippen molar-refractivity contribution in [3.05, 3.63) is 89.5 Å². The molecule has 5 heteroatoms. The fraction of sp³-hybridized carbons (Fsp3) is 0.290. The van der Waals surface area contributed by atoms with Crippen LogP contribution in [0.2, 0.25) is 0 Å². The summed E-state index contributed by atoms with van der Waals surface area (Å²) in [5.41, 5.74) is 5.19. The van der Waals surface area contributed by atoms with Crippen molar-refractivity contribution in [2.24, 2.45) is 0 Å². The molecule has 1 fully saturated rings. The largest absolute Gasteiger partial charge is 0.508 e. The van der Waals surface area contributed by atoms with E-state index in [4.69, 9.17) is 9.47 Å². The highest BCUT2D eigenvalue weighted by Crippen LogP contribution is 2.44. The van der Waals surface area contributed by atoms with E-state index in [-0.39, 0.29) is 17.6 Å². The van der Waals surface area contributed by atoms with E-state index in [9.17, 15) is 10.2 Å². The molecule has 0 radical (unpaired) electrons. The SMILES string of the molecule is Oc1ccc2c(c1)COC(c1ccc(OCCN3CCCCC3)cc1)c1c-2ccc2cc(O)ccc12. The molecule has 6 rings (SSSR count). The quantitative estimate of drug-likeness (QED) is 0.345. The lowest BCUT2D eigenvalue weighted by molar-refractivity contribution is 0.0700. The van der Waals surface area contributed by atoms with Crippen LogP contribution in [0.25, 0.3) is 21.9 Å². The van der Waals surface area contributed by atoms with Gasteiger partial charge in [-0.2, -0.15) is 0 Å². The van der Waals surface area contributed by atoms with E-state index in [1.165, 1.54) is 32.4 Å². The van der Waals surface area contributed by atoms with Crippen molar-refractivity contribution in [3.8, 4) is 28.4 Å². The molecule has 4 aromatic carbocycles. The Labute approximate surface area is 211 Å². The molecule has 0 aliphatic carbocycles. The van der Waals surface area contributed by atoms with Crippen LogP contribution in [0.3, 0.4) is 0 Å². The fourth-order valence-electron chi connectivity index (χ4n) is 5.55. The number of benzene rings is 4. The molecule has 1 saturated heterocycles. The van der Waals surface area contributed by atoms with E-state index < -0.39 is 0 Å². The van der Waals surface area contributed by atoms with E-state index in [1.807, 2.05) is 30.3 Å². The number of fused-ring (bicyclic) bond motifs is 5. The second kappa shape index (κ2) is 9.84. The monoisotopic (exact) mass is 481 g/mol. The summed E-state index contributed by atoms with van der Waals surface area (Å²) in [7, 11) is 0. The van der Waals surface area contributed by atoms with Gasteiger partial charge in [-0.1, -0.05) is 42.8 Å². The first kappa shape index (κ1) is 22.9. The van der Waals surface area contributed by atoms with Gasteiger partial charge in [0.2, 0.25) is 0 Å². The van der Waals surface area contributed by atoms with Gasteiger partial charge in [0.25, 0.3) is 0 Å². The minimum Gasteiger partial charge on any atom is -0.508 e. The number of aromatic hydroxyl groups is 2. The zero-order valence-electron chi connectivity index (χ0n) is 20.3. The summed E-state index contributed by atoms with van der Waals surface area (Å²) in [5.74, 6) is 1.33. The lowest BCUT2D eigenvalue weighted by Gasteiger charge is -2.26. The second-order valence-electron chi connectivity index (χ2n) is 9.78. The molecule has 1 atom stereocenters. The molecule has 0 saturated carbocycles. The maximum atomic E-state index is 10.1. The van der Waals surface area contributed by atoms with Crippen LogP contribution in [0.1, 0.15) is 42.1 Å². The molecular formula is C31H31NO4. The van der Waals surface area contributed by atoms with Gasteiger partial charge in [0.15, 0.2) is 0 Å². The first-order valence-corrected chi connectivity index (χ1v) is 12.8. The van der Waals surface area contributed by atoms with E-state index in [0.29, 0.717) is 13.2 Å². The van der Waals surface area contributed by atoms with Gasteiger partial charge in [0.1, 0.15) is 30.0 Å². The molecule has 2 heterocycles. The van der Waals surface area contributed by atoms with Gasteiger partial charge in [0.05, 0.1) is 6.61 Å². The summed E-state index contributed by atoms with van der Waals surface area (Å²) in [6, 6.07) is 23.3. The Morgan fingerprint density at radius 2 is 1.56 bits per heavy atom. The minimum absolute atomic E-state index is 0.231. The third-order valence-corrected chi connectivity index (χ3v) is 7.40. The van der Waals surface area contributed by atoms with Gasteiger partial charge in [0, 0.05) is 12.1 Å². The molecule has 2 aliphatic heterocycles. The normalized spacial score (nSPS) is 17.8. The molecule has 1 unspecified atom stereocenters. The average molecular weight is 482 g/mol. The van der Waals surface area contributed by atoms with E-state index in [0.717, 1.165) is 50.9 Å². The molecule has 0 bridgehead atoms. The topological polar surface area (TPSA) is 62.2 Å². The van der Waals surface area contributed by atoms with Crippen LogP contribution >= 0.6 is 0 Å². The average Bonchev–Trinajstić information content (AvgIpc) is 3.06. The van der Waals surface area contributed by atoms with Crippen molar-refractivity contribution in [3.63, 3.8) is 0 Å². The Morgan fingerprint density at radius 3 is 2.39 bits per heavy atom. The number of rotatable bonds is 5. The highest BCUT2D eigenvalue weighted by Gasteiger charge is 2.27. The summed E-state index contributed by atoms with van der Waals surface area (Å²) in [6.07, 6.45) is 3.61. The van der Waals surface area contributed by atoms with Crippen molar-refractivity contribution >= 4 is 10.8 Å². The zero-order valence-corrected chi connectivity index (χ0v) is 20.3. The smallest absolute Gasteiger partial charge is 0.119 e. The maximum absolute atomic E-state index is 10.1. The number of hydrogen-bond donors (Lipinski definition) is 2. The van der Waals surface area contributed by atoms with Crippen LogP contribution < -0.4 is 4.74 Å². The molecule has 5 nitrogen and oxygen atoms in total. The maximum Gasteiger partial charge on any atom is 0.119 e. The van der Waals surface area contributed by atoms with Gasteiger partial charge in [-0.05, 0) is 95.4 Å². The van der Waals surface area contributed by atoms with Crippen LogP contribution in [0.5, 0.6) is 17.2 Å². The summed E-state index contributed by atoms with van der Waals surface area (Å²) < 4.78 is 12.6. The molecule has 184 valence electrons. The summed E-state index contributed by atoms with van der Waals surface area (Å²) in [6.45, 7) is 4.38.